The van der Waals surface area contributed by atoms with Crippen molar-refractivity contribution in [3.63, 3.8) is 0 Å². The molecule has 1 aliphatic heterocycles. The van der Waals surface area contributed by atoms with Crippen LogP contribution in [0.3, 0.4) is 0 Å². The third-order valence-electron chi connectivity index (χ3n) is 5.25. The number of allylic oxidation sites excluding steroid dienone is 1. The highest BCUT2D eigenvalue weighted by atomic mass is 16.5. The molecule has 27 heavy (non-hydrogen) atoms. The van der Waals surface area contributed by atoms with Crippen molar-refractivity contribution in [1.29, 1.82) is 0 Å². The number of nitrogens with zero attached hydrogens (tertiary/aromatic N) is 1. The maximum absolute atomic E-state index is 12.5. The molecule has 0 saturated carbocycles. The van der Waals surface area contributed by atoms with E-state index in [0.29, 0.717) is 30.0 Å². The van der Waals surface area contributed by atoms with Crippen molar-refractivity contribution in [2.45, 2.75) is 39.0 Å². The minimum atomic E-state index is -0.0759. The van der Waals surface area contributed by atoms with Gasteiger partial charge in [0.1, 0.15) is 0 Å². The Labute approximate surface area is 163 Å². The molecule has 1 aromatic rings. The van der Waals surface area contributed by atoms with Gasteiger partial charge in [-0.3, -0.25) is 4.79 Å². The standard InChI is InChI=1S/C22H34N2O3/c1-5-8-18-15-19(16-20(26-3)21(18)27-4)22(25)23-11-6-7-12-24-13-9-17(2)10-14-24/h5,15-17H,1,6-14H2,2-4H3,(H,23,25). The molecule has 0 atom stereocenters. The quantitative estimate of drug-likeness (QED) is 0.501. The second kappa shape index (κ2) is 11.0. The Kier molecular flexibility index (Phi) is 8.65. The first-order valence-electron chi connectivity index (χ1n) is 9.95. The smallest absolute Gasteiger partial charge is 0.251 e. The fourth-order valence-electron chi connectivity index (χ4n) is 3.53. The van der Waals surface area contributed by atoms with Crippen LogP contribution in [0.5, 0.6) is 11.5 Å². The van der Waals surface area contributed by atoms with Gasteiger partial charge in [0.25, 0.3) is 5.91 Å². The SMILES string of the molecule is C=CCc1cc(C(=O)NCCCCN2CCC(C)CC2)cc(OC)c1OC. The van der Waals surface area contributed by atoms with Gasteiger partial charge in [0, 0.05) is 17.7 Å². The van der Waals surface area contributed by atoms with Crippen molar-refractivity contribution < 1.29 is 14.3 Å². The average molecular weight is 375 g/mol. The number of piperidine rings is 1. The van der Waals surface area contributed by atoms with E-state index in [-0.39, 0.29) is 5.91 Å². The molecule has 0 unspecified atom stereocenters. The van der Waals surface area contributed by atoms with E-state index in [0.717, 1.165) is 30.9 Å². The van der Waals surface area contributed by atoms with E-state index < -0.39 is 0 Å². The largest absolute Gasteiger partial charge is 0.493 e. The van der Waals surface area contributed by atoms with Crippen LogP contribution in [0.2, 0.25) is 0 Å². The van der Waals surface area contributed by atoms with Crippen molar-refractivity contribution in [2.24, 2.45) is 5.92 Å². The topological polar surface area (TPSA) is 50.8 Å². The molecule has 1 aliphatic rings. The normalized spacial score (nSPS) is 15.4. The van der Waals surface area contributed by atoms with E-state index in [1.807, 2.05) is 6.07 Å². The van der Waals surface area contributed by atoms with Gasteiger partial charge in [-0.2, -0.15) is 0 Å². The van der Waals surface area contributed by atoms with Crippen LogP contribution >= 0.6 is 0 Å². The molecule has 1 saturated heterocycles. The van der Waals surface area contributed by atoms with Crippen molar-refractivity contribution >= 4 is 5.91 Å². The number of methoxy groups -OCH3 is 2. The molecule has 150 valence electrons. The Bertz CT molecular complexity index is 622. The zero-order chi connectivity index (χ0) is 19.6. The van der Waals surface area contributed by atoms with Crippen LogP contribution in [0, 0.1) is 5.92 Å². The van der Waals surface area contributed by atoms with E-state index in [1.54, 1.807) is 26.4 Å². The maximum Gasteiger partial charge on any atom is 0.251 e. The van der Waals surface area contributed by atoms with E-state index >= 15 is 0 Å². The van der Waals surface area contributed by atoms with E-state index in [4.69, 9.17) is 9.47 Å². The number of carbonyl (C=O) groups is 1. The monoisotopic (exact) mass is 374 g/mol. The molecule has 0 bridgehead atoms. The number of nitrogens with one attached hydrogen (secondary N) is 1. The fourth-order valence-corrected chi connectivity index (χ4v) is 3.53. The van der Waals surface area contributed by atoms with Crippen molar-refractivity contribution in [2.75, 3.05) is 40.4 Å². The summed E-state index contributed by atoms with van der Waals surface area (Å²) in [5.41, 5.74) is 1.49. The summed E-state index contributed by atoms with van der Waals surface area (Å²) in [5, 5.41) is 3.02. The number of hydrogen-bond donors (Lipinski definition) is 1. The van der Waals surface area contributed by atoms with Crippen LogP contribution in [-0.4, -0.2) is 51.2 Å². The van der Waals surface area contributed by atoms with Crippen LogP contribution in [-0.2, 0) is 6.42 Å². The maximum atomic E-state index is 12.5. The Hall–Kier alpha value is -2.01. The highest BCUT2D eigenvalue weighted by molar-refractivity contribution is 5.95. The first-order valence-corrected chi connectivity index (χ1v) is 9.95. The van der Waals surface area contributed by atoms with Crippen molar-refractivity contribution in [3.05, 3.63) is 35.9 Å². The molecular formula is C22H34N2O3. The van der Waals surface area contributed by atoms with Gasteiger partial charge in [-0.15, -0.1) is 6.58 Å². The van der Waals surface area contributed by atoms with Gasteiger partial charge >= 0.3 is 0 Å². The van der Waals surface area contributed by atoms with Gasteiger partial charge in [-0.05, 0) is 69.8 Å². The predicted molar refractivity (Wildman–Crippen MR) is 110 cm³/mol. The molecule has 2 rings (SSSR count). The molecular weight excluding hydrogens is 340 g/mol. The van der Waals surface area contributed by atoms with Crippen LogP contribution in [0.25, 0.3) is 0 Å². The van der Waals surface area contributed by atoms with Gasteiger partial charge in [0.2, 0.25) is 0 Å². The summed E-state index contributed by atoms with van der Waals surface area (Å²) >= 11 is 0. The highest BCUT2D eigenvalue weighted by Gasteiger charge is 2.16. The van der Waals surface area contributed by atoms with Gasteiger partial charge in [-0.1, -0.05) is 13.0 Å². The summed E-state index contributed by atoms with van der Waals surface area (Å²) < 4.78 is 10.8. The minimum Gasteiger partial charge on any atom is -0.493 e. The number of benzene rings is 1. The number of ether oxygens (including phenoxy) is 2. The van der Waals surface area contributed by atoms with Crippen molar-refractivity contribution in [3.8, 4) is 11.5 Å². The highest BCUT2D eigenvalue weighted by Crippen LogP contribution is 2.33. The Morgan fingerprint density at radius 1 is 1.26 bits per heavy atom. The first kappa shape index (κ1) is 21.3. The summed E-state index contributed by atoms with van der Waals surface area (Å²) in [5.74, 6) is 2.02. The molecule has 1 heterocycles. The molecule has 0 spiro atoms. The zero-order valence-electron chi connectivity index (χ0n) is 17.1. The summed E-state index contributed by atoms with van der Waals surface area (Å²) in [6.07, 6.45) is 7.13. The second-order valence-corrected chi connectivity index (χ2v) is 7.35. The van der Waals surface area contributed by atoms with Gasteiger partial charge in [0.15, 0.2) is 11.5 Å². The number of unbranched alkanes of at least 4 members (excludes halogenated alkanes) is 1. The molecule has 0 aliphatic carbocycles. The van der Waals surface area contributed by atoms with E-state index in [1.165, 1.54) is 25.9 Å². The Morgan fingerprint density at radius 3 is 2.63 bits per heavy atom. The summed E-state index contributed by atoms with van der Waals surface area (Å²) in [7, 11) is 3.19. The summed E-state index contributed by atoms with van der Waals surface area (Å²) in [4.78, 5) is 15.1. The molecule has 1 N–H and O–H groups in total. The van der Waals surface area contributed by atoms with Gasteiger partial charge in [-0.25, -0.2) is 0 Å². The lowest BCUT2D eigenvalue weighted by Gasteiger charge is -2.30. The molecule has 5 heteroatoms. The first-order chi connectivity index (χ1) is 13.1. The lowest BCUT2D eigenvalue weighted by atomic mass is 9.99. The number of rotatable bonds is 10. The number of hydrogen-bond acceptors (Lipinski definition) is 4. The van der Waals surface area contributed by atoms with E-state index in [2.05, 4.69) is 23.7 Å². The third kappa shape index (κ3) is 6.28. The average Bonchev–Trinajstić information content (AvgIpc) is 2.68. The van der Waals surface area contributed by atoms with Crippen LogP contribution in [0.1, 0.15) is 48.5 Å². The molecule has 1 fully saturated rings. The minimum absolute atomic E-state index is 0.0759. The molecule has 0 aromatic heterocycles. The Balaban J connectivity index is 1.82. The number of likely N-dealkylation sites (tertiary alicyclic amines) is 1. The van der Waals surface area contributed by atoms with Crippen LogP contribution < -0.4 is 14.8 Å². The summed E-state index contributed by atoms with van der Waals surface area (Å²) in [6, 6.07) is 3.59. The van der Waals surface area contributed by atoms with Crippen molar-refractivity contribution in [1.82, 2.24) is 10.2 Å². The molecule has 1 aromatic carbocycles. The lowest BCUT2D eigenvalue weighted by Crippen LogP contribution is -2.34. The second-order valence-electron chi connectivity index (χ2n) is 7.35. The zero-order valence-corrected chi connectivity index (χ0v) is 17.1. The number of carbonyl (C=O) groups excluding carboxylic acids is 1. The molecule has 1 amide bonds. The van der Waals surface area contributed by atoms with Crippen LogP contribution in [0.4, 0.5) is 0 Å². The lowest BCUT2D eigenvalue weighted by molar-refractivity contribution is 0.0951. The van der Waals surface area contributed by atoms with Gasteiger partial charge in [0.05, 0.1) is 14.2 Å². The van der Waals surface area contributed by atoms with E-state index in [9.17, 15) is 4.79 Å². The Morgan fingerprint density at radius 2 is 2.00 bits per heavy atom. The molecule has 5 nitrogen and oxygen atoms in total. The van der Waals surface area contributed by atoms with Crippen LogP contribution in [0.15, 0.2) is 24.8 Å². The molecule has 0 radical (unpaired) electrons. The summed E-state index contributed by atoms with van der Waals surface area (Å²) in [6.45, 7) is 10.4. The number of amides is 1. The predicted octanol–water partition coefficient (Wildman–Crippen LogP) is 3.67. The fraction of sp³-hybridized carbons (Fsp3) is 0.591. The third-order valence-corrected chi connectivity index (χ3v) is 5.25. The van der Waals surface area contributed by atoms with Gasteiger partial charge < -0.3 is 19.7 Å².